The van der Waals surface area contributed by atoms with E-state index in [-0.39, 0.29) is 17.7 Å². The number of amides is 3. The molecule has 1 atom stereocenters. The van der Waals surface area contributed by atoms with Crippen LogP contribution in [0, 0.1) is 0 Å². The Morgan fingerprint density at radius 1 is 1.00 bits per heavy atom. The highest BCUT2D eigenvalue weighted by molar-refractivity contribution is 7.99. The number of carbonyl (C=O) groups excluding carboxylic acids is 3. The predicted octanol–water partition coefficient (Wildman–Crippen LogP) is 0.892. The summed E-state index contributed by atoms with van der Waals surface area (Å²) in [5.41, 5.74) is 0.610. The summed E-state index contributed by atoms with van der Waals surface area (Å²) >= 11 is 1.60. The Kier molecular flexibility index (Phi) is 5.08. The third kappa shape index (κ3) is 3.40. The second-order valence-corrected chi connectivity index (χ2v) is 6.99. The van der Waals surface area contributed by atoms with Gasteiger partial charge in [0.25, 0.3) is 5.91 Å². The average molecular weight is 347 g/mol. The SMILES string of the molecule is CC(=O)N1CCN(C(=O)[C@@H]2CSCN2C(=O)c2ccccc2)CC1. The van der Waals surface area contributed by atoms with Crippen LogP contribution in [0.25, 0.3) is 0 Å². The lowest BCUT2D eigenvalue weighted by molar-refractivity contribution is -0.140. The first-order chi connectivity index (χ1) is 11.6. The molecule has 0 saturated carbocycles. The number of thioether (sulfide) groups is 1. The van der Waals surface area contributed by atoms with E-state index in [1.807, 2.05) is 18.2 Å². The van der Waals surface area contributed by atoms with Crippen LogP contribution in [0.1, 0.15) is 17.3 Å². The molecule has 2 aliphatic rings. The molecule has 7 heteroatoms. The van der Waals surface area contributed by atoms with Gasteiger partial charge in [-0.3, -0.25) is 14.4 Å². The van der Waals surface area contributed by atoms with Gasteiger partial charge in [0, 0.05) is 44.4 Å². The molecule has 2 saturated heterocycles. The van der Waals surface area contributed by atoms with Crippen molar-refractivity contribution >= 4 is 29.5 Å². The molecule has 2 fully saturated rings. The molecule has 6 nitrogen and oxygen atoms in total. The smallest absolute Gasteiger partial charge is 0.255 e. The molecule has 0 aliphatic carbocycles. The second-order valence-electron chi connectivity index (χ2n) is 5.99. The summed E-state index contributed by atoms with van der Waals surface area (Å²) in [4.78, 5) is 42.1. The maximum absolute atomic E-state index is 12.8. The zero-order valence-electron chi connectivity index (χ0n) is 13.7. The van der Waals surface area contributed by atoms with Gasteiger partial charge in [-0.15, -0.1) is 11.8 Å². The molecule has 2 aliphatic heterocycles. The van der Waals surface area contributed by atoms with Gasteiger partial charge in [-0.25, -0.2) is 0 Å². The highest BCUT2D eigenvalue weighted by Crippen LogP contribution is 2.25. The third-order valence-corrected chi connectivity index (χ3v) is 5.50. The summed E-state index contributed by atoms with van der Waals surface area (Å²) < 4.78 is 0. The molecule has 2 heterocycles. The van der Waals surface area contributed by atoms with Gasteiger partial charge in [-0.1, -0.05) is 18.2 Å². The van der Waals surface area contributed by atoms with Crippen LogP contribution < -0.4 is 0 Å². The molecule has 0 N–H and O–H groups in total. The van der Waals surface area contributed by atoms with E-state index in [9.17, 15) is 14.4 Å². The van der Waals surface area contributed by atoms with Crippen LogP contribution in [0.15, 0.2) is 30.3 Å². The summed E-state index contributed by atoms with van der Waals surface area (Å²) in [5.74, 6) is 1.11. The van der Waals surface area contributed by atoms with Crippen molar-refractivity contribution in [3.8, 4) is 0 Å². The lowest BCUT2D eigenvalue weighted by atomic mass is 10.1. The second kappa shape index (κ2) is 7.25. The molecule has 1 aromatic carbocycles. The minimum absolute atomic E-state index is 0.00696. The lowest BCUT2D eigenvalue weighted by Crippen LogP contribution is -2.55. The Balaban J connectivity index is 1.66. The number of rotatable bonds is 2. The van der Waals surface area contributed by atoms with Crippen LogP contribution in [0.5, 0.6) is 0 Å². The van der Waals surface area contributed by atoms with E-state index in [0.717, 1.165) is 0 Å². The summed E-state index contributed by atoms with van der Waals surface area (Å²) in [5, 5.41) is 0. The van der Waals surface area contributed by atoms with Gasteiger partial charge in [0.2, 0.25) is 11.8 Å². The Morgan fingerprint density at radius 3 is 2.25 bits per heavy atom. The third-order valence-electron chi connectivity index (χ3n) is 4.49. The van der Waals surface area contributed by atoms with Crippen molar-refractivity contribution in [1.29, 1.82) is 0 Å². The summed E-state index contributed by atoms with van der Waals surface area (Å²) in [6.45, 7) is 3.74. The maximum atomic E-state index is 12.8. The van der Waals surface area contributed by atoms with E-state index in [0.29, 0.717) is 43.4 Å². The molecular weight excluding hydrogens is 326 g/mol. The van der Waals surface area contributed by atoms with Gasteiger partial charge in [0.05, 0.1) is 5.88 Å². The van der Waals surface area contributed by atoms with E-state index >= 15 is 0 Å². The molecule has 128 valence electrons. The normalized spacial score (nSPS) is 21.0. The van der Waals surface area contributed by atoms with Crippen LogP contribution in [0.4, 0.5) is 0 Å². The van der Waals surface area contributed by atoms with Crippen LogP contribution in [0.2, 0.25) is 0 Å². The van der Waals surface area contributed by atoms with Gasteiger partial charge in [-0.05, 0) is 12.1 Å². The van der Waals surface area contributed by atoms with Gasteiger partial charge in [0.15, 0.2) is 0 Å². The number of piperazine rings is 1. The van der Waals surface area contributed by atoms with Gasteiger partial charge in [-0.2, -0.15) is 0 Å². The summed E-state index contributed by atoms with van der Waals surface area (Å²) in [6, 6.07) is 8.66. The molecule has 24 heavy (non-hydrogen) atoms. The largest absolute Gasteiger partial charge is 0.339 e. The van der Waals surface area contributed by atoms with E-state index < -0.39 is 6.04 Å². The Morgan fingerprint density at radius 2 is 1.62 bits per heavy atom. The molecule has 0 aromatic heterocycles. The average Bonchev–Trinajstić information content (AvgIpc) is 3.11. The minimum Gasteiger partial charge on any atom is -0.339 e. The van der Waals surface area contributed by atoms with E-state index in [1.54, 1.807) is 45.5 Å². The fourth-order valence-corrected chi connectivity index (χ4v) is 4.19. The number of hydrogen-bond acceptors (Lipinski definition) is 4. The highest BCUT2D eigenvalue weighted by atomic mass is 32.2. The zero-order chi connectivity index (χ0) is 17.1. The van der Waals surface area contributed by atoms with Crippen molar-refractivity contribution in [2.75, 3.05) is 37.8 Å². The van der Waals surface area contributed by atoms with Crippen LogP contribution in [-0.4, -0.2) is 76.3 Å². The number of hydrogen-bond donors (Lipinski definition) is 0. The number of nitrogens with zero attached hydrogens (tertiary/aromatic N) is 3. The van der Waals surface area contributed by atoms with Gasteiger partial charge >= 0.3 is 0 Å². The molecule has 0 bridgehead atoms. The first kappa shape index (κ1) is 16.8. The van der Waals surface area contributed by atoms with Gasteiger partial charge < -0.3 is 14.7 Å². The van der Waals surface area contributed by atoms with E-state index in [4.69, 9.17) is 0 Å². The first-order valence-electron chi connectivity index (χ1n) is 8.06. The Bertz CT molecular complexity index is 629. The fraction of sp³-hybridized carbons (Fsp3) is 0.471. The summed E-state index contributed by atoms with van der Waals surface area (Å²) in [7, 11) is 0. The molecule has 1 aromatic rings. The van der Waals surface area contributed by atoms with Crippen LogP contribution in [0.3, 0.4) is 0 Å². The standard InChI is InChI=1S/C17H21N3O3S/c1-13(21)18-7-9-19(10-8-18)17(23)15-11-24-12-20(15)16(22)14-5-3-2-4-6-14/h2-6,15H,7-12H2,1H3/t15-/m0/s1. The zero-order valence-corrected chi connectivity index (χ0v) is 14.5. The fourth-order valence-electron chi connectivity index (χ4n) is 3.05. The number of carbonyl (C=O) groups is 3. The van der Waals surface area contributed by atoms with Crippen LogP contribution in [-0.2, 0) is 9.59 Å². The molecular formula is C17H21N3O3S. The first-order valence-corrected chi connectivity index (χ1v) is 9.21. The topological polar surface area (TPSA) is 60.9 Å². The lowest BCUT2D eigenvalue weighted by Gasteiger charge is -2.36. The van der Waals surface area contributed by atoms with Gasteiger partial charge in [0.1, 0.15) is 6.04 Å². The van der Waals surface area contributed by atoms with Crippen molar-refractivity contribution in [1.82, 2.24) is 14.7 Å². The molecule has 3 amide bonds. The Labute approximate surface area is 145 Å². The highest BCUT2D eigenvalue weighted by Gasteiger charge is 2.38. The maximum Gasteiger partial charge on any atom is 0.255 e. The number of benzene rings is 1. The van der Waals surface area contributed by atoms with Crippen molar-refractivity contribution in [3.63, 3.8) is 0 Å². The quantitative estimate of drug-likeness (QED) is 0.797. The van der Waals surface area contributed by atoms with Crippen molar-refractivity contribution in [2.45, 2.75) is 13.0 Å². The van der Waals surface area contributed by atoms with Crippen molar-refractivity contribution in [2.24, 2.45) is 0 Å². The molecule has 0 radical (unpaired) electrons. The van der Waals surface area contributed by atoms with E-state index in [1.165, 1.54) is 0 Å². The molecule has 3 rings (SSSR count). The molecule has 0 unspecified atom stereocenters. The monoisotopic (exact) mass is 347 g/mol. The molecule has 0 spiro atoms. The van der Waals surface area contributed by atoms with Crippen molar-refractivity contribution in [3.05, 3.63) is 35.9 Å². The summed E-state index contributed by atoms with van der Waals surface area (Å²) in [6.07, 6.45) is 0. The Hall–Kier alpha value is -2.02. The minimum atomic E-state index is -0.411. The van der Waals surface area contributed by atoms with Crippen LogP contribution >= 0.6 is 11.8 Å². The van der Waals surface area contributed by atoms with Crippen molar-refractivity contribution < 1.29 is 14.4 Å². The van der Waals surface area contributed by atoms with E-state index in [2.05, 4.69) is 0 Å². The predicted molar refractivity (Wildman–Crippen MR) is 92.6 cm³/mol.